The van der Waals surface area contributed by atoms with Crippen LogP contribution in [0.3, 0.4) is 0 Å². The fourth-order valence-corrected chi connectivity index (χ4v) is 4.02. The second-order valence-electron chi connectivity index (χ2n) is 6.47. The molecule has 0 atom stereocenters. The molecule has 0 fully saturated rings. The highest BCUT2D eigenvalue weighted by molar-refractivity contribution is 9.10. The van der Waals surface area contributed by atoms with Crippen molar-refractivity contribution in [1.29, 1.82) is 0 Å². The molecular weight excluding hydrogens is 468 g/mol. The fourth-order valence-electron chi connectivity index (χ4n) is 2.73. The van der Waals surface area contributed by atoms with Crippen molar-refractivity contribution in [2.75, 3.05) is 23.9 Å². The normalized spacial score (nSPS) is 10.4. The van der Waals surface area contributed by atoms with Crippen LogP contribution in [0.4, 0.5) is 11.4 Å². The Morgan fingerprint density at radius 2 is 1.87 bits per heavy atom. The van der Waals surface area contributed by atoms with Crippen molar-refractivity contribution in [3.8, 4) is 0 Å². The molecule has 154 valence electrons. The first kappa shape index (κ1) is 21.7. The van der Waals surface area contributed by atoms with Crippen LogP contribution in [0.2, 0.25) is 0 Å². The summed E-state index contributed by atoms with van der Waals surface area (Å²) in [4.78, 5) is 39.4. The first-order valence-corrected chi connectivity index (χ1v) is 10.7. The average molecular weight is 487 g/mol. The Balaban J connectivity index is 1.67. The number of aryl methyl sites for hydroxylation is 1. The lowest BCUT2D eigenvalue weighted by atomic mass is 10.1. The van der Waals surface area contributed by atoms with Crippen LogP contribution in [0.25, 0.3) is 0 Å². The second-order valence-corrected chi connectivity index (χ2v) is 8.27. The van der Waals surface area contributed by atoms with E-state index < -0.39 is 18.5 Å². The number of ether oxygens (including phenoxy) is 1. The number of halogens is 1. The molecule has 0 aliphatic rings. The van der Waals surface area contributed by atoms with E-state index in [9.17, 15) is 14.4 Å². The van der Waals surface area contributed by atoms with Gasteiger partial charge in [-0.3, -0.25) is 9.59 Å². The molecule has 3 rings (SSSR count). The van der Waals surface area contributed by atoms with Gasteiger partial charge in [-0.15, -0.1) is 11.3 Å². The predicted molar refractivity (Wildman–Crippen MR) is 121 cm³/mol. The molecule has 0 spiro atoms. The Kier molecular flexibility index (Phi) is 7.02. The Bertz CT molecular complexity index is 1080. The number of rotatable bonds is 6. The Morgan fingerprint density at radius 1 is 1.10 bits per heavy atom. The van der Waals surface area contributed by atoms with E-state index in [0.29, 0.717) is 16.3 Å². The molecule has 0 bridgehead atoms. The van der Waals surface area contributed by atoms with Crippen LogP contribution in [-0.4, -0.2) is 31.4 Å². The van der Waals surface area contributed by atoms with E-state index in [0.717, 1.165) is 10.0 Å². The third kappa shape index (κ3) is 5.14. The van der Waals surface area contributed by atoms with E-state index in [-0.39, 0.29) is 11.5 Å². The number of hydrogen-bond acceptors (Lipinski definition) is 5. The quantitative estimate of drug-likeness (QED) is 0.503. The van der Waals surface area contributed by atoms with Crippen LogP contribution in [0.15, 0.2) is 64.5 Å². The van der Waals surface area contributed by atoms with E-state index in [4.69, 9.17) is 4.74 Å². The number of thiophene rings is 1. The Hall–Kier alpha value is -2.97. The molecule has 8 heteroatoms. The molecule has 0 radical (unpaired) electrons. The first-order chi connectivity index (χ1) is 14.4. The second kappa shape index (κ2) is 9.69. The number of esters is 1. The molecule has 6 nitrogen and oxygen atoms in total. The van der Waals surface area contributed by atoms with Gasteiger partial charge in [0.2, 0.25) is 0 Å². The van der Waals surface area contributed by atoms with Gasteiger partial charge >= 0.3 is 5.97 Å². The van der Waals surface area contributed by atoms with Crippen molar-refractivity contribution in [2.24, 2.45) is 0 Å². The number of anilines is 2. The highest BCUT2D eigenvalue weighted by atomic mass is 79.9. The third-order valence-electron chi connectivity index (χ3n) is 4.25. The molecule has 1 N–H and O–H groups in total. The average Bonchev–Trinajstić information content (AvgIpc) is 3.28. The van der Waals surface area contributed by atoms with E-state index in [2.05, 4.69) is 21.2 Å². The summed E-state index contributed by atoms with van der Waals surface area (Å²) < 4.78 is 5.92. The summed E-state index contributed by atoms with van der Waals surface area (Å²) in [5, 5.41) is 4.50. The predicted octanol–water partition coefficient (Wildman–Crippen LogP) is 4.89. The fraction of sp³-hybridized carbons (Fsp3) is 0.136. The SMILES string of the molecule is Cc1ccc(NC(=O)COC(=O)c2ccccc2N(C)C(=O)c2cccs2)c(Br)c1. The van der Waals surface area contributed by atoms with Gasteiger partial charge in [0.15, 0.2) is 6.61 Å². The number of amides is 2. The summed E-state index contributed by atoms with van der Waals surface area (Å²) in [6, 6.07) is 15.6. The maximum absolute atomic E-state index is 12.6. The Morgan fingerprint density at radius 3 is 2.57 bits per heavy atom. The van der Waals surface area contributed by atoms with Gasteiger partial charge in [0.05, 0.1) is 21.8 Å². The Labute approximate surface area is 186 Å². The van der Waals surface area contributed by atoms with E-state index >= 15 is 0 Å². The zero-order valence-corrected chi connectivity index (χ0v) is 18.7. The summed E-state index contributed by atoms with van der Waals surface area (Å²) in [6.45, 7) is 1.49. The topological polar surface area (TPSA) is 75.7 Å². The van der Waals surface area contributed by atoms with Crippen molar-refractivity contribution < 1.29 is 19.1 Å². The number of nitrogens with zero attached hydrogens (tertiary/aromatic N) is 1. The number of carbonyl (C=O) groups is 3. The number of carbonyl (C=O) groups excluding carboxylic acids is 3. The van der Waals surface area contributed by atoms with Gasteiger partial charge in [-0.25, -0.2) is 4.79 Å². The minimum absolute atomic E-state index is 0.203. The van der Waals surface area contributed by atoms with Gasteiger partial charge in [0.1, 0.15) is 0 Å². The largest absolute Gasteiger partial charge is 0.452 e. The molecule has 2 amide bonds. The van der Waals surface area contributed by atoms with E-state index in [1.165, 1.54) is 16.2 Å². The minimum atomic E-state index is -0.686. The maximum Gasteiger partial charge on any atom is 0.340 e. The molecule has 0 saturated heterocycles. The molecular formula is C22H19BrN2O4S. The van der Waals surface area contributed by atoms with Gasteiger partial charge in [0.25, 0.3) is 11.8 Å². The maximum atomic E-state index is 12.6. The lowest BCUT2D eigenvalue weighted by molar-refractivity contribution is -0.119. The summed E-state index contributed by atoms with van der Waals surface area (Å²) in [6.07, 6.45) is 0. The van der Waals surface area contributed by atoms with Crippen LogP contribution in [0, 0.1) is 6.92 Å². The molecule has 3 aromatic rings. The zero-order chi connectivity index (χ0) is 21.7. The third-order valence-corrected chi connectivity index (χ3v) is 5.77. The van der Waals surface area contributed by atoms with Crippen LogP contribution in [0.5, 0.6) is 0 Å². The summed E-state index contributed by atoms with van der Waals surface area (Å²) >= 11 is 4.71. The lowest BCUT2D eigenvalue weighted by Gasteiger charge is -2.19. The molecule has 0 saturated carbocycles. The van der Waals surface area contributed by atoms with Gasteiger partial charge < -0.3 is 15.0 Å². The van der Waals surface area contributed by atoms with Crippen molar-refractivity contribution in [3.63, 3.8) is 0 Å². The standard InChI is InChI=1S/C22H19BrN2O4S/c1-14-9-10-17(16(23)12-14)24-20(26)13-29-22(28)15-6-3-4-7-18(15)25(2)21(27)19-8-5-11-30-19/h3-12H,13H2,1-2H3,(H,24,26). The highest BCUT2D eigenvalue weighted by Gasteiger charge is 2.21. The van der Waals surface area contributed by atoms with E-state index in [1.54, 1.807) is 49.5 Å². The first-order valence-electron chi connectivity index (χ1n) is 9.00. The van der Waals surface area contributed by atoms with Crippen molar-refractivity contribution in [3.05, 3.63) is 80.5 Å². The number of hydrogen-bond donors (Lipinski definition) is 1. The lowest BCUT2D eigenvalue weighted by Crippen LogP contribution is -2.28. The summed E-state index contributed by atoms with van der Waals surface area (Å²) in [5.41, 5.74) is 2.24. The molecule has 0 aliphatic carbocycles. The molecule has 1 heterocycles. The number of benzene rings is 2. The molecule has 30 heavy (non-hydrogen) atoms. The number of para-hydroxylation sites is 1. The van der Waals surface area contributed by atoms with Gasteiger partial charge in [-0.1, -0.05) is 24.3 Å². The van der Waals surface area contributed by atoms with Crippen LogP contribution < -0.4 is 10.2 Å². The smallest absolute Gasteiger partial charge is 0.340 e. The van der Waals surface area contributed by atoms with Crippen LogP contribution >= 0.6 is 27.3 Å². The van der Waals surface area contributed by atoms with Crippen LogP contribution in [0.1, 0.15) is 25.6 Å². The molecule has 0 aliphatic heterocycles. The molecule has 2 aromatic carbocycles. The van der Waals surface area contributed by atoms with Crippen molar-refractivity contribution in [1.82, 2.24) is 0 Å². The van der Waals surface area contributed by atoms with Crippen LogP contribution in [-0.2, 0) is 9.53 Å². The molecule has 0 unspecified atom stereocenters. The monoisotopic (exact) mass is 486 g/mol. The number of nitrogens with one attached hydrogen (secondary N) is 1. The van der Waals surface area contributed by atoms with Gasteiger partial charge in [0, 0.05) is 11.5 Å². The zero-order valence-electron chi connectivity index (χ0n) is 16.3. The van der Waals surface area contributed by atoms with E-state index in [1.807, 2.05) is 24.4 Å². The van der Waals surface area contributed by atoms with Gasteiger partial charge in [-0.2, -0.15) is 0 Å². The van der Waals surface area contributed by atoms with Crippen molar-refractivity contribution >= 4 is 56.4 Å². The summed E-state index contributed by atoms with van der Waals surface area (Å²) in [7, 11) is 1.59. The summed E-state index contributed by atoms with van der Waals surface area (Å²) in [5.74, 6) is -1.38. The molecule has 1 aromatic heterocycles. The minimum Gasteiger partial charge on any atom is -0.452 e. The highest BCUT2D eigenvalue weighted by Crippen LogP contribution is 2.24. The van der Waals surface area contributed by atoms with Crippen molar-refractivity contribution in [2.45, 2.75) is 6.92 Å². The van der Waals surface area contributed by atoms with Gasteiger partial charge in [-0.05, 0) is 64.1 Å².